The Morgan fingerprint density at radius 2 is 1.84 bits per heavy atom. The van der Waals surface area contributed by atoms with Gasteiger partial charge in [-0.3, -0.25) is 0 Å². The summed E-state index contributed by atoms with van der Waals surface area (Å²) in [5.74, 6) is 3.00. The van der Waals surface area contributed by atoms with Crippen LogP contribution in [0, 0.1) is 5.92 Å². The predicted octanol–water partition coefficient (Wildman–Crippen LogP) is 2.90. The third-order valence-corrected chi connectivity index (χ3v) is 3.43. The maximum Gasteiger partial charge on any atom is 0.158 e. The number of hydrogen-bond acceptors (Lipinski definition) is 5. The van der Waals surface area contributed by atoms with Crippen LogP contribution in [0.25, 0.3) is 0 Å². The number of nitrogens with zero attached hydrogens (tertiary/aromatic N) is 2. The van der Waals surface area contributed by atoms with Crippen molar-refractivity contribution in [3.8, 4) is 0 Å². The van der Waals surface area contributed by atoms with Gasteiger partial charge in [0, 0.05) is 26.3 Å². The molecule has 19 heavy (non-hydrogen) atoms. The molecular formula is C14H26N4O. The second kappa shape index (κ2) is 7.94. The average molecular weight is 266 g/mol. The van der Waals surface area contributed by atoms with Crippen molar-refractivity contribution < 1.29 is 4.74 Å². The fourth-order valence-corrected chi connectivity index (χ4v) is 2.24. The minimum Gasteiger partial charge on any atom is -0.377 e. The van der Waals surface area contributed by atoms with Crippen LogP contribution in [0.4, 0.5) is 11.6 Å². The Morgan fingerprint density at radius 1 is 1.21 bits per heavy atom. The van der Waals surface area contributed by atoms with E-state index in [1.54, 1.807) is 7.11 Å². The van der Waals surface area contributed by atoms with E-state index in [4.69, 9.17) is 4.74 Å². The van der Waals surface area contributed by atoms with Gasteiger partial charge in [0.1, 0.15) is 18.2 Å². The fourth-order valence-electron chi connectivity index (χ4n) is 2.24. The molecule has 0 bridgehead atoms. The monoisotopic (exact) mass is 266 g/mol. The molecule has 0 saturated carbocycles. The first kappa shape index (κ1) is 15.7. The Labute approximate surface area is 116 Å². The zero-order valence-electron chi connectivity index (χ0n) is 12.7. The van der Waals surface area contributed by atoms with E-state index in [9.17, 15) is 0 Å². The van der Waals surface area contributed by atoms with Crippen molar-refractivity contribution in [2.45, 2.75) is 46.3 Å². The smallest absolute Gasteiger partial charge is 0.158 e. The van der Waals surface area contributed by atoms with Crippen molar-refractivity contribution >= 4 is 11.6 Å². The zero-order chi connectivity index (χ0) is 14.3. The third-order valence-electron chi connectivity index (χ3n) is 3.43. The third kappa shape index (κ3) is 4.67. The van der Waals surface area contributed by atoms with Gasteiger partial charge in [0.15, 0.2) is 5.82 Å². The number of hydrogen-bond donors (Lipinski definition) is 2. The van der Waals surface area contributed by atoms with E-state index < -0.39 is 0 Å². The van der Waals surface area contributed by atoms with Gasteiger partial charge in [0.2, 0.25) is 0 Å². The maximum absolute atomic E-state index is 5.10. The number of anilines is 2. The summed E-state index contributed by atoms with van der Waals surface area (Å²) in [6, 6.07) is 2.32. The highest BCUT2D eigenvalue weighted by molar-refractivity contribution is 5.47. The van der Waals surface area contributed by atoms with Crippen LogP contribution in [-0.2, 0) is 11.3 Å². The maximum atomic E-state index is 5.10. The molecule has 1 rings (SSSR count). The molecule has 1 atom stereocenters. The minimum absolute atomic E-state index is 0.394. The second-order valence-electron chi connectivity index (χ2n) is 4.75. The molecule has 1 aromatic heterocycles. The summed E-state index contributed by atoms with van der Waals surface area (Å²) in [5, 5.41) is 6.52. The summed E-state index contributed by atoms with van der Waals surface area (Å²) >= 11 is 0. The van der Waals surface area contributed by atoms with E-state index in [2.05, 4.69) is 41.4 Å². The summed E-state index contributed by atoms with van der Waals surface area (Å²) in [6.07, 6.45) is 2.33. The van der Waals surface area contributed by atoms with Gasteiger partial charge < -0.3 is 15.4 Å². The molecule has 0 aliphatic heterocycles. The molecule has 0 spiro atoms. The van der Waals surface area contributed by atoms with Crippen LogP contribution < -0.4 is 10.6 Å². The van der Waals surface area contributed by atoms with Crippen LogP contribution >= 0.6 is 0 Å². The molecule has 0 aliphatic rings. The van der Waals surface area contributed by atoms with Gasteiger partial charge >= 0.3 is 0 Å². The fraction of sp³-hybridized carbons (Fsp3) is 0.714. The Hall–Kier alpha value is -1.36. The van der Waals surface area contributed by atoms with E-state index in [0.717, 1.165) is 11.6 Å². The quantitative estimate of drug-likeness (QED) is 0.757. The lowest BCUT2D eigenvalue weighted by Crippen LogP contribution is -2.25. The molecule has 5 nitrogen and oxygen atoms in total. The van der Waals surface area contributed by atoms with E-state index in [1.807, 2.05) is 13.1 Å². The molecule has 0 aromatic carbocycles. The van der Waals surface area contributed by atoms with E-state index in [-0.39, 0.29) is 0 Å². The lowest BCUT2D eigenvalue weighted by molar-refractivity contribution is 0.178. The first-order valence-electron chi connectivity index (χ1n) is 6.95. The predicted molar refractivity (Wildman–Crippen MR) is 79.4 cm³/mol. The number of ether oxygens (including phenoxy) is 1. The van der Waals surface area contributed by atoms with Crippen molar-refractivity contribution in [1.29, 1.82) is 0 Å². The summed E-state index contributed by atoms with van der Waals surface area (Å²) < 4.78 is 5.10. The SMILES string of the molecule is CCC(CC)C(C)Nc1cc(NC)nc(COC)n1. The number of rotatable bonds is 8. The van der Waals surface area contributed by atoms with Crippen LogP contribution in [0.2, 0.25) is 0 Å². The van der Waals surface area contributed by atoms with Crippen LogP contribution in [-0.4, -0.2) is 30.2 Å². The largest absolute Gasteiger partial charge is 0.377 e. The van der Waals surface area contributed by atoms with Gasteiger partial charge in [0.25, 0.3) is 0 Å². The summed E-state index contributed by atoms with van der Waals surface area (Å²) in [7, 11) is 3.50. The lowest BCUT2D eigenvalue weighted by atomic mass is 9.95. The van der Waals surface area contributed by atoms with Gasteiger partial charge in [-0.25, -0.2) is 9.97 Å². The summed E-state index contributed by atoms with van der Waals surface area (Å²) in [4.78, 5) is 8.82. The van der Waals surface area contributed by atoms with Gasteiger partial charge in [-0.1, -0.05) is 26.7 Å². The van der Waals surface area contributed by atoms with Crippen molar-refractivity contribution in [3.63, 3.8) is 0 Å². The van der Waals surface area contributed by atoms with Gasteiger partial charge in [0.05, 0.1) is 0 Å². The highest BCUT2D eigenvalue weighted by Gasteiger charge is 2.14. The summed E-state index contributed by atoms with van der Waals surface area (Å²) in [6.45, 7) is 7.07. The second-order valence-corrected chi connectivity index (χ2v) is 4.75. The molecule has 0 aliphatic carbocycles. The highest BCUT2D eigenvalue weighted by Crippen LogP contribution is 2.18. The molecule has 5 heteroatoms. The van der Waals surface area contributed by atoms with Crippen LogP contribution in [0.15, 0.2) is 6.07 Å². The number of aromatic nitrogens is 2. The van der Waals surface area contributed by atoms with E-state index >= 15 is 0 Å². The summed E-state index contributed by atoms with van der Waals surface area (Å²) in [5.41, 5.74) is 0. The average Bonchev–Trinajstić information content (AvgIpc) is 2.40. The molecule has 0 fully saturated rings. The Balaban J connectivity index is 2.84. The first-order chi connectivity index (χ1) is 9.14. The van der Waals surface area contributed by atoms with Gasteiger partial charge in [-0.15, -0.1) is 0 Å². The molecule has 2 N–H and O–H groups in total. The molecule has 0 radical (unpaired) electrons. The molecule has 1 aromatic rings. The van der Waals surface area contributed by atoms with Gasteiger partial charge in [-0.2, -0.15) is 0 Å². The Kier molecular flexibility index (Phi) is 6.56. The van der Waals surface area contributed by atoms with Crippen LogP contribution in [0.5, 0.6) is 0 Å². The Bertz CT molecular complexity index is 380. The normalized spacial score (nSPS) is 12.5. The lowest BCUT2D eigenvalue weighted by Gasteiger charge is -2.23. The first-order valence-corrected chi connectivity index (χ1v) is 6.95. The molecule has 0 saturated heterocycles. The molecular weight excluding hydrogens is 240 g/mol. The molecule has 0 amide bonds. The molecule has 108 valence electrons. The topological polar surface area (TPSA) is 59.1 Å². The van der Waals surface area contributed by atoms with Crippen LogP contribution in [0.1, 0.15) is 39.4 Å². The minimum atomic E-state index is 0.394. The van der Waals surface area contributed by atoms with Crippen molar-refractivity contribution in [3.05, 3.63) is 11.9 Å². The molecule has 1 heterocycles. The molecule has 1 unspecified atom stereocenters. The highest BCUT2D eigenvalue weighted by atomic mass is 16.5. The number of methoxy groups -OCH3 is 1. The van der Waals surface area contributed by atoms with E-state index in [1.165, 1.54) is 12.8 Å². The van der Waals surface area contributed by atoms with Gasteiger partial charge in [-0.05, 0) is 12.8 Å². The van der Waals surface area contributed by atoms with Crippen molar-refractivity contribution in [2.75, 3.05) is 24.8 Å². The van der Waals surface area contributed by atoms with Crippen LogP contribution in [0.3, 0.4) is 0 Å². The number of nitrogens with one attached hydrogen (secondary N) is 2. The van der Waals surface area contributed by atoms with Crippen molar-refractivity contribution in [2.24, 2.45) is 5.92 Å². The Morgan fingerprint density at radius 3 is 2.37 bits per heavy atom. The zero-order valence-corrected chi connectivity index (χ0v) is 12.7. The van der Waals surface area contributed by atoms with E-state index in [0.29, 0.717) is 24.4 Å². The van der Waals surface area contributed by atoms with Crippen molar-refractivity contribution in [1.82, 2.24) is 9.97 Å². The standard InChI is InChI=1S/C14H26N4O/c1-6-11(7-2)10(3)16-13-8-12(15-4)17-14(18-13)9-19-5/h8,10-11H,6-7,9H2,1-5H3,(H2,15,16,17,18).